The van der Waals surface area contributed by atoms with Crippen LogP contribution in [0, 0.1) is 0 Å². The van der Waals surface area contributed by atoms with E-state index in [-0.39, 0.29) is 5.91 Å². The van der Waals surface area contributed by atoms with Gasteiger partial charge in [0.1, 0.15) is 6.61 Å². The minimum Gasteiger partial charge on any atom is -0.475 e. The van der Waals surface area contributed by atoms with E-state index in [9.17, 15) is 4.79 Å². The van der Waals surface area contributed by atoms with Crippen LogP contribution in [-0.4, -0.2) is 25.0 Å². The van der Waals surface area contributed by atoms with Crippen molar-refractivity contribution in [3.63, 3.8) is 0 Å². The summed E-state index contributed by atoms with van der Waals surface area (Å²) in [6.07, 6.45) is 3.22. The van der Waals surface area contributed by atoms with E-state index in [1.165, 1.54) is 0 Å². The van der Waals surface area contributed by atoms with Crippen molar-refractivity contribution in [3.05, 3.63) is 78.3 Å². The number of rotatable bonds is 4. The third-order valence-corrected chi connectivity index (χ3v) is 4.00. The Bertz CT molecular complexity index is 930. The first kappa shape index (κ1) is 15.2. The standard InChI is InChI=1S/C20H16N2O3/c23-19(16-6-2-1-5-15(16)14-9-11-24-13-14)22-18-8-4-3-7-17(18)20-21-10-12-25-20/h1-9,11,13H,10,12H2,(H,22,23). The van der Waals surface area contributed by atoms with Crippen molar-refractivity contribution < 1.29 is 13.9 Å². The van der Waals surface area contributed by atoms with Crippen LogP contribution < -0.4 is 5.32 Å². The van der Waals surface area contributed by atoms with Gasteiger partial charge in [-0.2, -0.15) is 0 Å². The Labute approximate surface area is 145 Å². The molecule has 1 aliphatic heterocycles. The largest absolute Gasteiger partial charge is 0.475 e. The molecule has 25 heavy (non-hydrogen) atoms. The van der Waals surface area contributed by atoms with Crippen molar-refractivity contribution in [1.29, 1.82) is 0 Å². The van der Waals surface area contributed by atoms with Gasteiger partial charge in [-0.3, -0.25) is 4.79 Å². The van der Waals surface area contributed by atoms with Crippen molar-refractivity contribution in [2.45, 2.75) is 0 Å². The lowest BCUT2D eigenvalue weighted by atomic mass is 10.0. The molecule has 1 aromatic heterocycles. The Balaban J connectivity index is 1.66. The van der Waals surface area contributed by atoms with Gasteiger partial charge >= 0.3 is 0 Å². The number of carbonyl (C=O) groups is 1. The molecule has 0 bridgehead atoms. The molecule has 1 N–H and O–H groups in total. The fraction of sp³-hybridized carbons (Fsp3) is 0.100. The van der Waals surface area contributed by atoms with Crippen LogP contribution in [0.1, 0.15) is 15.9 Å². The molecule has 124 valence electrons. The molecule has 0 saturated heterocycles. The van der Waals surface area contributed by atoms with Crippen LogP contribution in [0.25, 0.3) is 11.1 Å². The first-order valence-corrected chi connectivity index (χ1v) is 8.02. The average Bonchev–Trinajstić information content (AvgIpc) is 3.36. The highest BCUT2D eigenvalue weighted by Crippen LogP contribution is 2.26. The van der Waals surface area contributed by atoms with Crippen LogP contribution in [0.3, 0.4) is 0 Å². The number of ether oxygens (including phenoxy) is 1. The molecule has 0 unspecified atom stereocenters. The molecule has 4 rings (SSSR count). The van der Waals surface area contributed by atoms with E-state index in [0.29, 0.717) is 30.3 Å². The highest BCUT2D eigenvalue weighted by molar-refractivity contribution is 6.11. The van der Waals surface area contributed by atoms with Crippen LogP contribution in [-0.2, 0) is 4.74 Å². The molecule has 2 heterocycles. The highest BCUT2D eigenvalue weighted by Gasteiger charge is 2.18. The van der Waals surface area contributed by atoms with Crippen LogP contribution in [0.5, 0.6) is 0 Å². The molecular weight excluding hydrogens is 316 g/mol. The lowest BCUT2D eigenvalue weighted by Crippen LogP contribution is -2.16. The van der Waals surface area contributed by atoms with E-state index in [1.54, 1.807) is 18.6 Å². The predicted molar refractivity (Wildman–Crippen MR) is 95.9 cm³/mol. The molecule has 2 aromatic carbocycles. The number of anilines is 1. The van der Waals surface area contributed by atoms with Crippen molar-refractivity contribution in [3.8, 4) is 11.1 Å². The number of amides is 1. The van der Waals surface area contributed by atoms with Crippen LogP contribution in [0.4, 0.5) is 5.69 Å². The molecule has 1 amide bonds. The van der Waals surface area contributed by atoms with E-state index >= 15 is 0 Å². The summed E-state index contributed by atoms with van der Waals surface area (Å²) in [5, 5.41) is 2.98. The topological polar surface area (TPSA) is 63.8 Å². The Morgan fingerprint density at radius 2 is 1.80 bits per heavy atom. The Morgan fingerprint density at radius 3 is 2.56 bits per heavy atom. The molecule has 5 heteroatoms. The predicted octanol–water partition coefficient (Wildman–Crippen LogP) is 3.98. The highest BCUT2D eigenvalue weighted by atomic mass is 16.5. The van der Waals surface area contributed by atoms with Crippen molar-refractivity contribution in [2.24, 2.45) is 4.99 Å². The summed E-state index contributed by atoms with van der Waals surface area (Å²) >= 11 is 0. The molecule has 5 nitrogen and oxygen atoms in total. The van der Waals surface area contributed by atoms with Gasteiger partial charge in [0.25, 0.3) is 5.91 Å². The maximum Gasteiger partial charge on any atom is 0.256 e. The second-order valence-corrected chi connectivity index (χ2v) is 5.59. The Hall–Kier alpha value is -3.34. The molecule has 3 aromatic rings. The smallest absolute Gasteiger partial charge is 0.256 e. The molecule has 0 saturated carbocycles. The lowest BCUT2D eigenvalue weighted by Gasteiger charge is -2.12. The number of aliphatic imine (C=N–C) groups is 1. The second-order valence-electron chi connectivity index (χ2n) is 5.59. The maximum absolute atomic E-state index is 12.9. The van der Waals surface area contributed by atoms with Crippen LogP contribution in [0.2, 0.25) is 0 Å². The summed E-state index contributed by atoms with van der Waals surface area (Å²) in [7, 11) is 0. The van der Waals surface area contributed by atoms with Gasteiger partial charge < -0.3 is 14.5 Å². The van der Waals surface area contributed by atoms with Crippen molar-refractivity contribution >= 4 is 17.5 Å². The average molecular weight is 332 g/mol. The fourth-order valence-corrected chi connectivity index (χ4v) is 2.82. The van der Waals surface area contributed by atoms with E-state index < -0.39 is 0 Å². The number of carbonyl (C=O) groups excluding carboxylic acids is 1. The molecule has 0 fully saturated rings. The number of para-hydroxylation sites is 1. The van der Waals surface area contributed by atoms with Crippen LogP contribution in [0.15, 0.2) is 76.5 Å². The second kappa shape index (κ2) is 6.65. The van der Waals surface area contributed by atoms with Gasteiger partial charge in [0.05, 0.1) is 30.3 Å². The van der Waals surface area contributed by atoms with E-state index in [2.05, 4.69) is 10.3 Å². The first-order valence-electron chi connectivity index (χ1n) is 8.02. The molecule has 0 aliphatic carbocycles. The number of furan rings is 1. The van der Waals surface area contributed by atoms with Gasteiger partial charge in [-0.05, 0) is 29.8 Å². The molecule has 1 aliphatic rings. The Morgan fingerprint density at radius 1 is 1.00 bits per heavy atom. The Kier molecular flexibility index (Phi) is 4.04. The number of hydrogen-bond acceptors (Lipinski definition) is 4. The first-order chi connectivity index (χ1) is 12.3. The van der Waals surface area contributed by atoms with Gasteiger partial charge in [-0.1, -0.05) is 30.3 Å². The quantitative estimate of drug-likeness (QED) is 0.786. The number of nitrogens with zero attached hydrogens (tertiary/aromatic N) is 1. The zero-order valence-corrected chi connectivity index (χ0v) is 13.4. The van der Waals surface area contributed by atoms with Gasteiger partial charge in [0.15, 0.2) is 0 Å². The fourth-order valence-electron chi connectivity index (χ4n) is 2.82. The van der Waals surface area contributed by atoms with Crippen molar-refractivity contribution in [1.82, 2.24) is 0 Å². The summed E-state index contributed by atoms with van der Waals surface area (Å²) in [6, 6.07) is 16.8. The van der Waals surface area contributed by atoms with Gasteiger partial charge in [0.2, 0.25) is 5.90 Å². The minimum absolute atomic E-state index is 0.192. The SMILES string of the molecule is O=C(Nc1ccccc1C1=NCCO1)c1ccccc1-c1ccoc1. The minimum atomic E-state index is -0.192. The normalized spacial score (nSPS) is 13.2. The van der Waals surface area contributed by atoms with Gasteiger partial charge in [0, 0.05) is 11.1 Å². The number of hydrogen-bond donors (Lipinski definition) is 1. The van der Waals surface area contributed by atoms with E-state index in [4.69, 9.17) is 9.15 Å². The third-order valence-electron chi connectivity index (χ3n) is 4.00. The van der Waals surface area contributed by atoms with Crippen molar-refractivity contribution in [2.75, 3.05) is 18.5 Å². The van der Waals surface area contributed by atoms with Gasteiger partial charge in [-0.25, -0.2) is 4.99 Å². The summed E-state index contributed by atoms with van der Waals surface area (Å²) in [4.78, 5) is 17.2. The lowest BCUT2D eigenvalue weighted by molar-refractivity contribution is 0.102. The molecule has 0 spiro atoms. The zero-order valence-electron chi connectivity index (χ0n) is 13.4. The van der Waals surface area contributed by atoms with E-state index in [1.807, 2.05) is 48.5 Å². The molecule has 0 atom stereocenters. The number of nitrogens with one attached hydrogen (secondary N) is 1. The van der Waals surface area contributed by atoms with E-state index in [0.717, 1.165) is 16.7 Å². The summed E-state index contributed by atoms with van der Waals surface area (Å²) in [5.74, 6) is 0.377. The molecule has 0 radical (unpaired) electrons. The zero-order chi connectivity index (χ0) is 17.1. The third kappa shape index (κ3) is 3.04. The summed E-state index contributed by atoms with van der Waals surface area (Å²) < 4.78 is 10.7. The molecular formula is C20H16N2O3. The maximum atomic E-state index is 12.9. The number of benzene rings is 2. The van der Waals surface area contributed by atoms with Crippen LogP contribution >= 0.6 is 0 Å². The monoisotopic (exact) mass is 332 g/mol. The van der Waals surface area contributed by atoms with Gasteiger partial charge in [-0.15, -0.1) is 0 Å². The summed E-state index contributed by atoms with van der Waals surface area (Å²) in [6.45, 7) is 1.21. The summed E-state index contributed by atoms with van der Waals surface area (Å²) in [5.41, 5.74) is 3.72.